The Morgan fingerprint density at radius 1 is 1.27 bits per heavy atom. The van der Waals surface area contributed by atoms with Crippen LogP contribution in [0.15, 0.2) is 41.8 Å². The van der Waals surface area contributed by atoms with Crippen LogP contribution >= 0.6 is 11.3 Å². The maximum atomic E-state index is 10.5. The monoisotopic (exact) mass is 313 g/mol. The fourth-order valence-corrected chi connectivity index (χ4v) is 3.00. The van der Waals surface area contributed by atoms with E-state index in [0.29, 0.717) is 17.4 Å². The van der Waals surface area contributed by atoms with Gasteiger partial charge in [-0.15, -0.1) is 11.3 Å². The second kappa shape index (κ2) is 6.03. The third-order valence-electron chi connectivity index (χ3n) is 3.31. The average Bonchev–Trinajstić information content (AvgIpc) is 2.93. The molecule has 0 aliphatic heterocycles. The van der Waals surface area contributed by atoms with E-state index >= 15 is 0 Å². The van der Waals surface area contributed by atoms with Crippen LogP contribution in [-0.2, 0) is 17.8 Å². The highest BCUT2D eigenvalue weighted by molar-refractivity contribution is 7.13. The van der Waals surface area contributed by atoms with Crippen LogP contribution in [0, 0.1) is 0 Å². The number of hydrogen-bond acceptors (Lipinski definition) is 6. The number of thiazole rings is 1. The smallest absolute Gasteiger partial charge is 0.183 e. The van der Waals surface area contributed by atoms with Crippen molar-refractivity contribution in [2.24, 2.45) is 0 Å². The number of phenols is 1. The lowest BCUT2D eigenvalue weighted by molar-refractivity contribution is -0.304. The molecule has 0 unspecified atom stereocenters. The fraction of sp³-hybridized carbons (Fsp3) is 0.125. The molecule has 1 heterocycles. The number of carbonyl (C=O) groups excluding carboxylic acids is 1. The van der Waals surface area contributed by atoms with Gasteiger partial charge in [-0.2, -0.15) is 0 Å². The highest BCUT2D eigenvalue weighted by atomic mass is 32.1. The number of carboxylic acids is 1. The van der Waals surface area contributed by atoms with Gasteiger partial charge in [0.1, 0.15) is 5.75 Å². The van der Waals surface area contributed by atoms with Gasteiger partial charge in [-0.05, 0) is 16.8 Å². The number of rotatable bonds is 5. The zero-order valence-electron chi connectivity index (χ0n) is 11.6. The maximum absolute atomic E-state index is 10.5. The summed E-state index contributed by atoms with van der Waals surface area (Å²) in [4.78, 5) is 14.7. The molecule has 112 valence electrons. The number of aromatic hydroxyl groups is 1. The third-order valence-corrected chi connectivity index (χ3v) is 4.16. The van der Waals surface area contributed by atoms with Crippen LogP contribution in [0.5, 0.6) is 5.75 Å². The molecule has 0 amide bonds. The summed E-state index contributed by atoms with van der Waals surface area (Å²) >= 11 is 1.33. The number of fused-ring (bicyclic) bond motifs is 1. The van der Waals surface area contributed by atoms with E-state index in [2.05, 4.69) is 10.3 Å². The molecule has 0 aliphatic carbocycles. The lowest BCUT2D eigenvalue weighted by atomic mass is 10.0. The van der Waals surface area contributed by atoms with Crippen LogP contribution in [0.2, 0.25) is 0 Å². The number of phenolic OH excluding ortho intramolecular Hbond substituents is 1. The van der Waals surface area contributed by atoms with Crippen molar-refractivity contribution in [3.63, 3.8) is 0 Å². The minimum Gasteiger partial charge on any atom is -0.550 e. The molecule has 1 aromatic heterocycles. The molecule has 2 aromatic carbocycles. The molecule has 3 aromatic rings. The first-order valence-electron chi connectivity index (χ1n) is 6.71. The van der Waals surface area contributed by atoms with E-state index in [1.54, 1.807) is 11.4 Å². The molecule has 6 heteroatoms. The van der Waals surface area contributed by atoms with E-state index in [-0.39, 0.29) is 12.2 Å². The first-order chi connectivity index (χ1) is 10.6. The third kappa shape index (κ3) is 3.01. The van der Waals surface area contributed by atoms with Gasteiger partial charge in [0, 0.05) is 29.9 Å². The number of benzene rings is 2. The molecule has 22 heavy (non-hydrogen) atoms. The Morgan fingerprint density at radius 3 is 2.91 bits per heavy atom. The van der Waals surface area contributed by atoms with Crippen LogP contribution in [0.4, 0.5) is 5.13 Å². The summed E-state index contributed by atoms with van der Waals surface area (Å²) in [6.07, 6.45) is -0.197. The molecule has 3 rings (SSSR count). The number of hydrogen-bond donors (Lipinski definition) is 2. The average molecular weight is 313 g/mol. The highest BCUT2D eigenvalue weighted by Gasteiger charge is 2.08. The lowest BCUT2D eigenvalue weighted by Gasteiger charge is -2.09. The predicted molar refractivity (Wildman–Crippen MR) is 83.8 cm³/mol. The summed E-state index contributed by atoms with van der Waals surface area (Å²) in [5.74, 6) is -0.929. The Balaban J connectivity index is 1.80. The van der Waals surface area contributed by atoms with E-state index in [4.69, 9.17) is 0 Å². The molecule has 0 aliphatic rings. The Morgan fingerprint density at radius 2 is 2.09 bits per heavy atom. The normalized spacial score (nSPS) is 10.7. The van der Waals surface area contributed by atoms with Crippen molar-refractivity contribution in [2.75, 3.05) is 5.32 Å². The first-order valence-corrected chi connectivity index (χ1v) is 7.59. The van der Waals surface area contributed by atoms with Crippen molar-refractivity contribution in [1.29, 1.82) is 0 Å². The van der Waals surface area contributed by atoms with Gasteiger partial charge in [0.05, 0.1) is 5.69 Å². The SMILES string of the molecule is O=C([O-])Cc1csc(NCc2c(O)ccc3ccccc23)n1. The molecule has 0 fully saturated rings. The van der Waals surface area contributed by atoms with Crippen LogP contribution < -0.4 is 10.4 Å². The summed E-state index contributed by atoms with van der Waals surface area (Å²) in [5, 5.41) is 28.1. The van der Waals surface area contributed by atoms with Gasteiger partial charge in [0.15, 0.2) is 5.13 Å². The minimum absolute atomic E-state index is 0.197. The molecule has 2 N–H and O–H groups in total. The van der Waals surface area contributed by atoms with E-state index < -0.39 is 5.97 Å². The summed E-state index contributed by atoms with van der Waals surface area (Å²) in [6.45, 7) is 0.408. The van der Waals surface area contributed by atoms with E-state index in [9.17, 15) is 15.0 Å². The Kier molecular flexibility index (Phi) is 3.93. The van der Waals surface area contributed by atoms with Crippen LogP contribution in [0.3, 0.4) is 0 Å². The first kappa shape index (κ1) is 14.3. The number of aromatic nitrogens is 1. The standard InChI is InChI=1S/C16H14N2O3S/c19-14-6-5-10-3-1-2-4-12(10)13(14)8-17-16-18-11(9-22-16)7-15(20)21/h1-6,9,19H,7-8H2,(H,17,18)(H,20,21)/p-1. The maximum Gasteiger partial charge on any atom is 0.183 e. The molecular weight excluding hydrogens is 300 g/mol. The van der Waals surface area contributed by atoms with Crippen molar-refractivity contribution in [3.8, 4) is 5.75 Å². The van der Waals surface area contributed by atoms with E-state index in [0.717, 1.165) is 16.3 Å². The number of carboxylic acid groups (broad SMARTS) is 1. The van der Waals surface area contributed by atoms with Gasteiger partial charge in [0.25, 0.3) is 0 Å². The molecule has 0 radical (unpaired) electrons. The van der Waals surface area contributed by atoms with E-state index in [1.165, 1.54) is 11.3 Å². The fourth-order valence-electron chi connectivity index (χ4n) is 2.29. The van der Waals surface area contributed by atoms with Gasteiger partial charge in [-0.3, -0.25) is 0 Å². The molecule has 0 atom stereocenters. The van der Waals surface area contributed by atoms with Gasteiger partial charge in [-0.25, -0.2) is 4.98 Å². The Labute approximate surface area is 130 Å². The molecule has 0 spiro atoms. The van der Waals surface area contributed by atoms with Crippen LogP contribution in [0.25, 0.3) is 10.8 Å². The molecular formula is C16H13N2O3S-. The number of nitrogens with one attached hydrogen (secondary N) is 1. The number of anilines is 1. The zero-order valence-corrected chi connectivity index (χ0v) is 12.4. The van der Waals surface area contributed by atoms with Gasteiger partial charge in [-0.1, -0.05) is 30.3 Å². The van der Waals surface area contributed by atoms with Crippen LogP contribution in [-0.4, -0.2) is 16.1 Å². The summed E-state index contributed by atoms with van der Waals surface area (Å²) in [5.41, 5.74) is 1.25. The predicted octanol–water partition coefficient (Wildman–Crippen LogP) is 1.91. The molecule has 0 bridgehead atoms. The summed E-state index contributed by atoms with van der Waals surface area (Å²) in [6, 6.07) is 11.4. The van der Waals surface area contributed by atoms with Crippen molar-refractivity contribution < 1.29 is 15.0 Å². The van der Waals surface area contributed by atoms with Gasteiger partial charge < -0.3 is 20.3 Å². The van der Waals surface area contributed by atoms with Crippen molar-refractivity contribution in [3.05, 3.63) is 53.0 Å². The highest BCUT2D eigenvalue weighted by Crippen LogP contribution is 2.28. The molecule has 0 saturated heterocycles. The molecule has 5 nitrogen and oxygen atoms in total. The quantitative estimate of drug-likeness (QED) is 0.751. The summed E-state index contributed by atoms with van der Waals surface area (Å²) < 4.78 is 0. The lowest BCUT2D eigenvalue weighted by Crippen LogP contribution is -2.24. The van der Waals surface area contributed by atoms with Gasteiger partial charge >= 0.3 is 0 Å². The topological polar surface area (TPSA) is 85.3 Å². The summed E-state index contributed by atoms with van der Waals surface area (Å²) in [7, 11) is 0. The second-order valence-corrected chi connectivity index (χ2v) is 5.69. The van der Waals surface area contributed by atoms with E-state index in [1.807, 2.05) is 30.3 Å². The minimum atomic E-state index is -1.15. The Bertz CT molecular complexity index is 829. The number of carbonyl (C=O) groups is 1. The number of aliphatic carboxylic acids is 1. The van der Waals surface area contributed by atoms with Crippen molar-refractivity contribution in [2.45, 2.75) is 13.0 Å². The van der Waals surface area contributed by atoms with Crippen molar-refractivity contribution in [1.82, 2.24) is 4.98 Å². The Hall–Kier alpha value is -2.60. The molecule has 0 saturated carbocycles. The number of nitrogens with zero attached hydrogens (tertiary/aromatic N) is 1. The second-order valence-electron chi connectivity index (χ2n) is 4.83. The van der Waals surface area contributed by atoms with Gasteiger partial charge in [0.2, 0.25) is 0 Å². The van der Waals surface area contributed by atoms with Crippen molar-refractivity contribution >= 4 is 33.2 Å². The van der Waals surface area contributed by atoms with Crippen LogP contribution in [0.1, 0.15) is 11.3 Å². The zero-order chi connectivity index (χ0) is 15.5. The largest absolute Gasteiger partial charge is 0.550 e.